The molecule has 0 aliphatic heterocycles. The summed E-state index contributed by atoms with van der Waals surface area (Å²) in [6, 6.07) is 0. The van der Waals surface area contributed by atoms with E-state index >= 15 is 0 Å². The normalized spacial score (nSPS) is 15.0. The Morgan fingerprint density at radius 2 is 1.14 bits per heavy atom. The van der Waals surface area contributed by atoms with Gasteiger partial charge in [-0.1, -0.05) is 53.4 Å². The van der Waals surface area contributed by atoms with Crippen LogP contribution in [0.5, 0.6) is 0 Å². The summed E-state index contributed by atoms with van der Waals surface area (Å²) >= 11 is 0. The molecule has 0 atom stereocenters. The molecule has 0 fully saturated rings. The Labute approximate surface area is 163 Å². The van der Waals surface area contributed by atoms with E-state index in [1.165, 1.54) is 48.0 Å². The fourth-order valence-corrected chi connectivity index (χ4v) is 2.31. The molecule has 0 saturated heterocycles. The van der Waals surface area contributed by atoms with Crippen molar-refractivity contribution < 1.29 is 51.0 Å². The summed E-state index contributed by atoms with van der Waals surface area (Å²) in [5.74, 6) is 0. The second-order valence-electron chi connectivity index (χ2n) is 4.97. The smallest absolute Gasteiger partial charge is 1.00 e. The Hall–Kier alpha value is 0.423. The average Bonchev–Trinajstić information content (AvgIpc) is 2.92. The van der Waals surface area contributed by atoms with Crippen LogP contribution in [0, 0.1) is 12.2 Å². The van der Waals surface area contributed by atoms with Crippen molar-refractivity contribution in [1.29, 1.82) is 0 Å². The number of hydrogen-bond donors (Lipinski definition) is 0. The van der Waals surface area contributed by atoms with Crippen LogP contribution in [0.15, 0.2) is 34.4 Å². The Morgan fingerprint density at radius 3 is 1.33 bits per heavy atom. The fraction of sp³-hybridized carbons (Fsp3) is 0.556. The van der Waals surface area contributed by atoms with Crippen molar-refractivity contribution in [3.8, 4) is 0 Å². The molecule has 0 aromatic carbocycles. The molecule has 0 N–H and O–H groups in total. The van der Waals surface area contributed by atoms with Crippen LogP contribution < -0.4 is 24.8 Å². The second-order valence-corrected chi connectivity index (χ2v) is 4.97. The molecule has 2 aliphatic carbocycles. The van der Waals surface area contributed by atoms with E-state index in [1.807, 2.05) is 0 Å². The van der Waals surface area contributed by atoms with Crippen LogP contribution in [-0.2, 0) is 26.2 Å². The fourth-order valence-electron chi connectivity index (χ4n) is 2.31. The molecule has 21 heavy (non-hydrogen) atoms. The van der Waals surface area contributed by atoms with Crippen LogP contribution in [-0.4, -0.2) is 0 Å². The maximum atomic E-state index is 3.28. The minimum Gasteiger partial charge on any atom is -1.00 e. The molecule has 0 saturated carbocycles. The molecule has 0 nitrogen and oxygen atoms in total. The molecule has 116 valence electrons. The second kappa shape index (κ2) is 15.3. The minimum absolute atomic E-state index is 0. The van der Waals surface area contributed by atoms with Gasteiger partial charge in [0.2, 0.25) is 0 Å². The molecule has 2 aliphatic rings. The van der Waals surface area contributed by atoms with Gasteiger partial charge in [0.05, 0.1) is 0 Å². The van der Waals surface area contributed by atoms with Crippen molar-refractivity contribution in [3.63, 3.8) is 0 Å². The molecule has 0 aromatic rings. The molecule has 0 radical (unpaired) electrons. The number of hydrogen-bond acceptors (Lipinski definition) is 0. The summed E-state index contributed by atoms with van der Waals surface area (Å²) in [6.07, 6.45) is 18.2. The van der Waals surface area contributed by atoms with Crippen LogP contribution in [0.3, 0.4) is 0 Å². The maximum Gasteiger partial charge on any atom is 4.00 e. The third-order valence-electron chi connectivity index (χ3n) is 3.43. The molecular weight excluding hydrogens is 378 g/mol. The van der Waals surface area contributed by atoms with Crippen LogP contribution in [0.2, 0.25) is 0 Å². The van der Waals surface area contributed by atoms with Crippen LogP contribution in [0.1, 0.15) is 66.2 Å². The summed E-state index contributed by atoms with van der Waals surface area (Å²) in [7, 11) is 0. The first kappa shape index (κ1) is 26.3. The van der Waals surface area contributed by atoms with Crippen molar-refractivity contribution >= 4 is 0 Å². The Kier molecular flexibility index (Phi) is 19.2. The summed E-state index contributed by atoms with van der Waals surface area (Å²) in [6.45, 7) is 8.72. The molecule has 0 bridgehead atoms. The van der Waals surface area contributed by atoms with Gasteiger partial charge in [-0.25, -0.2) is 11.1 Å². The van der Waals surface area contributed by atoms with Gasteiger partial charge < -0.3 is 24.8 Å². The number of rotatable bonds is 4. The monoisotopic (exact) mass is 402 g/mol. The first-order valence-corrected chi connectivity index (χ1v) is 7.22. The van der Waals surface area contributed by atoms with Crippen molar-refractivity contribution in [2.75, 3.05) is 0 Å². The van der Waals surface area contributed by atoms with E-state index in [1.54, 1.807) is 0 Å². The summed E-state index contributed by atoms with van der Waals surface area (Å²) in [5, 5.41) is 0. The van der Waals surface area contributed by atoms with Gasteiger partial charge in [-0.2, -0.15) is 23.3 Å². The summed E-state index contributed by atoms with van der Waals surface area (Å²) < 4.78 is 0. The predicted octanol–water partition coefficient (Wildman–Crippen LogP) is -0.262. The standard InChI is InChI=1S/2C9H13.2ClH.Zr/c2*1-3-5-9-7-4-6-8(9)2;;;/h2*7H,3-5H2,1-2H3;2*1H;/q2*-1;;;+4/p-2. The van der Waals surface area contributed by atoms with Crippen LogP contribution in [0.4, 0.5) is 0 Å². The first-order valence-electron chi connectivity index (χ1n) is 7.22. The zero-order chi connectivity index (χ0) is 13.4. The topological polar surface area (TPSA) is 0 Å². The maximum absolute atomic E-state index is 3.28. The Morgan fingerprint density at radius 1 is 0.810 bits per heavy atom. The molecule has 0 spiro atoms. The average molecular weight is 405 g/mol. The van der Waals surface area contributed by atoms with E-state index in [9.17, 15) is 0 Å². The van der Waals surface area contributed by atoms with Gasteiger partial charge in [-0.15, -0.1) is 12.8 Å². The van der Waals surface area contributed by atoms with Crippen LogP contribution in [0.25, 0.3) is 0 Å². The van der Waals surface area contributed by atoms with Gasteiger partial charge in [0.1, 0.15) is 0 Å². The van der Waals surface area contributed by atoms with Crippen molar-refractivity contribution in [2.45, 2.75) is 66.2 Å². The van der Waals surface area contributed by atoms with Gasteiger partial charge in [-0.3, -0.25) is 12.2 Å². The summed E-state index contributed by atoms with van der Waals surface area (Å²) in [4.78, 5) is 0. The van der Waals surface area contributed by atoms with E-state index in [0.717, 1.165) is 12.8 Å². The molecule has 0 unspecified atom stereocenters. The van der Waals surface area contributed by atoms with E-state index < -0.39 is 0 Å². The SMILES string of the molecule is CCCC1=CC[C-]=C1C.CCCC1=CC[C-]=C1C.[Cl-].[Cl-].[Zr+4]. The van der Waals surface area contributed by atoms with E-state index in [2.05, 4.69) is 52.0 Å². The van der Waals surface area contributed by atoms with Crippen LogP contribution >= 0.6 is 0 Å². The van der Waals surface area contributed by atoms with E-state index in [4.69, 9.17) is 0 Å². The van der Waals surface area contributed by atoms with Crippen molar-refractivity contribution in [3.05, 3.63) is 46.6 Å². The zero-order valence-corrected chi connectivity index (χ0v) is 17.6. The molecule has 0 aromatic heterocycles. The molecule has 3 heteroatoms. The zero-order valence-electron chi connectivity index (χ0n) is 13.7. The van der Waals surface area contributed by atoms with Crippen molar-refractivity contribution in [1.82, 2.24) is 0 Å². The largest absolute Gasteiger partial charge is 4.00 e. The summed E-state index contributed by atoms with van der Waals surface area (Å²) in [5.41, 5.74) is 5.77. The van der Waals surface area contributed by atoms with Gasteiger partial charge in [0.25, 0.3) is 0 Å². The van der Waals surface area contributed by atoms with Gasteiger partial charge in [0, 0.05) is 0 Å². The number of halogens is 2. The Balaban J connectivity index is -0.000000270. The first-order chi connectivity index (χ1) is 8.69. The third-order valence-corrected chi connectivity index (χ3v) is 3.43. The molecule has 0 heterocycles. The minimum atomic E-state index is 0. The van der Waals surface area contributed by atoms with E-state index in [-0.39, 0.29) is 51.0 Å². The predicted molar refractivity (Wildman–Crippen MR) is 80.1 cm³/mol. The number of allylic oxidation sites excluding steroid dienone is 8. The van der Waals surface area contributed by atoms with E-state index in [0.29, 0.717) is 0 Å². The van der Waals surface area contributed by atoms with Gasteiger partial charge in [-0.05, 0) is 0 Å². The molecule has 0 amide bonds. The Bertz CT molecular complexity index is 352. The quantitative estimate of drug-likeness (QED) is 0.567. The molecular formula is C18H26Cl2Zr. The van der Waals surface area contributed by atoms with Gasteiger partial charge in [0.15, 0.2) is 0 Å². The molecule has 2 rings (SSSR count). The third kappa shape index (κ3) is 9.93. The van der Waals surface area contributed by atoms with Gasteiger partial charge >= 0.3 is 26.2 Å². The van der Waals surface area contributed by atoms with Crippen molar-refractivity contribution in [2.24, 2.45) is 0 Å².